The second-order valence-corrected chi connectivity index (χ2v) is 17.0. The molecule has 1 heterocycles. The van der Waals surface area contributed by atoms with Gasteiger partial charge in [0.1, 0.15) is 0 Å². The fourth-order valence-corrected chi connectivity index (χ4v) is 11.2. The maximum atomic E-state index is 6.52. The lowest BCUT2D eigenvalue weighted by Gasteiger charge is -2.45. The Morgan fingerprint density at radius 2 is 0.887 bits per heavy atom. The normalized spacial score (nSPS) is 13.4. The fourth-order valence-electron chi connectivity index (χ4n) is 11.2. The molecular weight excluding hydrogens is 749 g/mol. The average Bonchev–Trinajstić information content (AvgIpc) is 3.60. The molecule has 2 nitrogen and oxygen atoms in total. The van der Waals surface area contributed by atoms with Crippen LogP contribution in [0.3, 0.4) is 0 Å². The summed E-state index contributed by atoms with van der Waals surface area (Å²) >= 11 is 0. The topological polar surface area (TPSA) is 29.3 Å². The number of nitrogens with two attached hydrogens (primary N) is 1. The van der Waals surface area contributed by atoms with Crippen LogP contribution in [-0.2, 0) is 11.8 Å². The molecule has 2 N–H and O–H groups in total. The summed E-state index contributed by atoms with van der Waals surface area (Å²) in [6.07, 6.45) is 0.813. The van der Waals surface area contributed by atoms with Crippen LogP contribution < -0.4 is 10.6 Å². The molecule has 0 bridgehead atoms. The lowest BCUT2D eigenvalue weighted by atomic mass is 9.64. The Bertz CT molecular complexity index is 3500. The first-order chi connectivity index (χ1) is 30.6. The summed E-state index contributed by atoms with van der Waals surface area (Å²) in [7, 11) is 0. The minimum absolute atomic E-state index is 0.623. The van der Waals surface area contributed by atoms with Crippen molar-refractivity contribution in [1.29, 1.82) is 0 Å². The summed E-state index contributed by atoms with van der Waals surface area (Å²) in [5.74, 6) is 0. The zero-order valence-corrected chi connectivity index (χ0v) is 34.0. The van der Waals surface area contributed by atoms with Gasteiger partial charge in [0, 0.05) is 11.4 Å². The monoisotopic (exact) mass is 788 g/mol. The molecule has 0 saturated heterocycles. The number of para-hydroxylation sites is 2. The van der Waals surface area contributed by atoms with Crippen molar-refractivity contribution >= 4 is 65.8 Å². The Labute approximate surface area is 360 Å². The molecule has 0 unspecified atom stereocenters. The van der Waals surface area contributed by atoms with Crippen molar-refractivity contribution in [3.8, 4) is 22.3 Å². The summed E-state index contributed by atoms with van der Waals surface area (Å²) in [6, 6.07) is 81.2. The van der Waals surface area contributed by atoms with Gasteiger partial charge in [-0.2, -0.15) is 0 Å². The Morgan fingerprint density at radius 3 is 1.48 bits per heavy atom. The first-order valence-corrected chi connectivity index (χ1v) is 21.6. The van der Waals surface area contributed by atoms with E-state index in [1.54, 1.807) is 0 Å². The van der Waals surface area contributed by atoms with E-state index in [0.29, 0.717) is 0 Å². The van der Waals surface area contributed by atoms with Crippen molar-refractivity contribution in [2.75, 3.05) is 10.6 Å². The Hall–Kier alpha value is -7.94. The van der Waals surface area contributed by atoms with Crippen LogP contribution in [0.4, 0.5) is 22.7 Å². The van der Waals surface area contributed by atoms with Crippen molar-refractivity contribution in [3.05, 3.63) is 252 Å². The molecule has 0 saturated carbocycles. The Balaban J connectivity index is 1.12. The number of rotatable bonds is 4. The van der Waals surface area contributed by atoms with Crippen LogP contribution in [0.15, 0.2) is 218 Å². The van der Waals surface area contributed by atoms with Gasteiger partial charge in [0.2, 0.25) is 0 Å². The number of benzene rings is 11. The molecule has 13 rings (SSSR count). The molecular formula is C60H40N2. The van der Waals surface area contributed by atoms with E-state index in [-0.39, 0.29) is 0 Å². The van der Waals surface area contributed by atoms with E-state index in [0.717, 1.165) is 29.2 Å². The van der Waals surface area contributed by atoms with Crippen LogP contribution in [0.2, 0.25) is 0 Å². The van der Waals surface area contributed by atoms with Crippen LogP contribution in [0.1, 0.15) is 33.4 Å². The van der Waals surface area contributed by atoms with Crippen LogP contribution in [0.5, 0.6) is 0 Å². The number of hydrogen-bond acceptors (Lipinski definition) is 2. The Morgan fingerprint density at radius 1 is 0.387 bits per heavy atom. The van der Waals surface area contributed by atoms with Gasteiger partial charge in [-0.1, -0.05) is 170 Å². The molecule has 1 aliphatic heterocycles. The molecule has 0 fully saturated rings. The number of nitrogen functional groups attached to an aromatic ring is 1. The highest BCUT2D eigenvalue weighted by molar-refractivity contribution is 6.13. The maximum Gasteiger partial charge on any atom is 0.0754 e. The van der Waals surface area contributed by atoms with Gasteiger partial charge >= 0.3 is 0 Å². The minimum atomic E-state index is -0.623. The van der Waals surface area contributed by atoms with Crippen molar-refractivity contribution in [2.45, 2.75) is 11.8 Å². The van der Waals surface area contributed by atoms with E-state index in [4.69, 9.17) is 5.73 Å². The molecule has 0 amide bonds. The second kappa shape index (κ2) is 13.3. The molecule has 0 radical (unpaired) electrons. The smallest absolute Gasteiger partial charge is 0.0754 e. The fraction of sp³-hybridized carbons (Fsp3) is 0.0333. The zero-order valence-electron chi connectivity index (χ0n) is 34.0. The standard InChI is InChI=1S/C60H40N2/c61-44-18-13-19-45(37-44)62-57-26-11-9-24-53(57)60(54-25-10-12-27-58(54)62)55-33-38(32-52-46-20-5-1-14-39(46)34-40-15-2-6-21-47(40)52)28-30-50(55)51-31-29-43(36-56(51)60)59-48-22-7-3-16-41(48)35-42-17-4-8-23-49(42)59/h1-31,33-37H,32,61H2. The first-order valence-electron chi connectivity index (χ1n) is 21.6. The third-order valence-electron chi connectivity index (χ3n) is 13.8. The van der Waals surface area contributed by atoms with Crippen molar-refractivity contribution < 1.29 is 0 Å². The number of anilines is 4. The van der Waals surface area contributed by atoms with E-state index < -0.39 is 5.41 Å². The highest BCUT2D eigenvalue weighted by Crippen LogP contribution is 2.64. The van der Waals surface area contributed by atoms with Crippen LogP contribution in [0.25, 0.3) is 65.3 Å². The molecule has 1 spiro atoms. The van der Waals surface area contributed by atoms with Crippen LogP contribution in [-0.4, -0.2) is 0 Å². The molecule has 2 heteroatoms. The molecule has 0 atom stereocenters. The van der Waals surface area contributed by atoms with Gasteiger partial charge < -0.3 is 10.6 Å². The molecule has 0 aromatic heterocycles. The van der Waals surface area contributed by atoms with E-state index in [1.807, 2.05) is 6.07 Å². The molecule has 1 aliphatic carbocycles. The quantitative estimate of drug-likeness (QED) is 0.142. The lowest BCUT2D eigenvalue weighted by Crippen LogP contribution is -2.36. The first kappa shape index (κ1) is 34.9. The highest BCUT2D eigenvalue weighted by atomic mass is 15.2. The number of nitrogens with zero attached hydrogens (tertiary/aromatic N) is 1. The van der Waals surface area contributed by atoms with E-state index >= 15 is 0 Å². The number of hydrogen-bond donors (Lipinski definition) is 1. The molecule has 11 aromatic carbocycles. The molecule has 2 aliphatic rings. The van der Waals surface area contributed by atoms with Crippen molar-refractivity contribution in [3.63, 3.8) is 0 Å². The molecule has 11 aromatic rings. The van der Waals surface area contributed by atoms with E-state index in [2.05, 4.69) is 217 Å². The third kappa shape index (κ3) is 4.92. The van der Waals surface area contributed by atoms with Crippen LogP contribution in [0, 0.1) is 0 Å². The third-order valence-corrected chi connectivity index (χ3v) is 13.8. The summed E-state index contributed by atoms with van der Waals surface area (Å²) in [6.45, 7) is 0. The summed E-state index contributed by atoms with van der Waals surface area (Å²) in [5.41, 5.74) is 22.9. The van der Waals surface area contributed by atoms with E-state index in [9.17, 15) is 0 Å². The van der Waals surface area contributed by atoms with E-state index in [1.165, 1.54) is 98.7 Å². The summed E-state index contributed by atoms with van der Waals surface area (Å²) in [5, 5.41) is 10.2. The van der Waals surface area contributed by atoms with Gasteiger partial charge in [-0.25, -0.2) is 0 Å². The minimum Gasteiger partial charge on any atom is -0.399 e. The largest absolute Gasteiger partial charge is 0.399 e. The predicted molar refractivity (Wildman–Crippen MR) is 261 cm³/mol. The summed E-state index contributed by atoms with van der Waals surface area (Å²) in [4.78, 5) is 2.41. The van der Waals surface area contributed by atoms with Gasteiger partial charge in [-0.15, -0.1) is 0 Å². The average molecular weight is 789 g/mol. The SMILES string of the molecule is Nc1cccc(N2c3ccccc3C3(c4cc(Cc5c6ccccc6cc6ccccc56)ccc4-c4ccc(-c5c6ccccc6cc6ccccc56)cc43)c3ccccc32)c1. The predicted octanol–water partition coefficient (Wildman–Crippen LogP) is 15.3. The Kier molecular flexibility index (Phi) is 7.47. The number of fused-ring (bicyclic) bond motifs is 13. The van der Waals surface area contributed by atoms with Crippen molar-refractivity contribution in [2.24, 2.45) is 0 Å². The zero-order chi connectivity index (χ0) is 40.9. The molecule has 290 valence electrons. The van der Waals surface area contributed by atoms with Gasteiger partial charge in [0.25, 0.3) is 0 Å². The van der Waals surface area contributed by atoms with Gasteiger partial charge in [0.05, 0.1) is 16.8 Å². The lowest BCUT2D eigenvalue weighted by molar-refractivity contribution is 0.751. The van der Waals surface area contributed by atoms with Crippen molar-refractivity contribution in [1.82, 2.24) is 0 Å². The summed E-state index contributed by atoms with van der Waals surface area (Å²) < 4.78 is 0. The van der Waals surface area contributed by atoms with Gasteiger partial charge in [-0.05, 0) is 154 Å². The molecule has 62 heavy (non-hydrogen) atoms. The van der Waals surface area contributed by atoms with Gasteiger partial charge in [-0.3, -0.25) is 0 Å². The van der Waals surface area contributed by atoms with Gasteiger partial charge in [0.15, 0.2) is 0 Å². The highest BCUT2D eigenvalue weighted by Gasteiger charge is 2.52. The second-order valence-electron chi connectivity index (χ2n) is 17.0. The maximum absolute atomic E-state index is 6.52. The van der Waals surface area contributed by atoms with Crippen LogP contribution >= 0.6 is 0 Å².